The van der Waals surface area contributed by atoms with Crippen LogP contribution in [-0.2, 0) is 4.79 Å². The average Bonchev–Trinajstić information content (AvgIpc) is 2.84. The number of urea groups is 1. The third-order valence-electron chi connectivity index (χ3n) is 4.28. The molecule has 0 aliphatic carbocycles. The third kappa shape index (κ3) is 3.02. The highest BCUT2D eigenvalue weighted by Gasteiger charge is 2.39. The van der Waals surface area contributed by atoms with Gasteiger partial charge in [0.25, 0.3) is 5.91 Å². The van der Waals surface area contributed by atoms with Gasteiger partial charge in [0.1, 0.15) is 5.75 Å². The fourth-order valence-electron chi connectivity index (χ4n) is 3.08. The molecule has 3 amide bonds. The fraction of sp³-hybridized carbons (Fsp3) is 0.412. The van der Waals surface area contributed by atoms with Crippen LogP contribution < -0.4 is 10.6 Å². The largest absolute Gasteiger partial charge is 0.508 e. The van der Waals surface area contributed by atoms with Gasteiger partial charge in [-0.1, -0.05) is 31.9 Å². The van der Waals surface area contributed by atoms with Gasteiger partial charge in [-0.15, -0.1) is 0 Å². The molecule has 0 fully saturated rings. The Balaban J connectivity index is 1.84. The first kappa shape index (κ1) is 15.4. The van der Waals surface area contributed by atoms with E-state index in [9.17, 15) is 14.7 Å². The third-order valence-corrected chi connectivity index (χ3v) is 4.28. The zero-order valence-electron chi connectivity index (χ0n) is 13.1. The summed E-state index contributed by atoms with van der Waals surface area (Å²) < 4.78 is 0. The summed E-state index contributed by atoms with van der Waals surface area (Å²) in [4.78, 5) is 26.4. The van der Waals surface area contributed by atoms with Crippen molar-refractivity contribution in [2.45, 2.75) is 32.2 Å². The molecule has 6 heteroatoms. The summed E-state index contributed by atoms with van der Waals surface area (Å²) in [5, 5.41) is 15.0. The fourth-order valence-corrected chi connectivity index (χ4v) is 3.08. The van der Waals surface area contributed by atoms with Gasteiger partial charge in [-0.3, -0.25) is 4.79 Å². The Bertz CT molecular complexity index is 652. The normalized spacial score (nSPS) is 20.4. The number of benzene rings is 1. The number of amides is 3. The monoisotopic (exact) mass is 315 g/mol. The van der Waals surface area contributed by atoms with E-state index in [1.54, 1.807) is 29.2 Å². The molecule has 1 unspecified atom stereocenters. The first-order valence-electron chi connectivity index (χ1n) is 7.99. The van der Waals surface area contributed by atoms with Crippen molar-refractivity contribution in [2.24, 2.45) is 0 Å². The molecule has 2 aliphatic rings. The van der Waals surface area contributed by atoms with E-state index in [1.807, 2.05) is 0 Å². The number of hydrogen-bond donors (Lipinski definition) is 3. The maximum Gasteiger partial charge on any atom is 0.319 e. The maximum atomic E-state index is 12.7. The molecule has 2 heterocycles. The molecule has 0 saturated heterocycles. The van der Waals surface area contributed by atoms with Crippen LogP contribution in [0.25, 0.3) is 0 Å². The summed E-state index contributed by atoms with van der Waals surface area (Å²) in [6.45, 7) is 3.29. The van der Waals surface area contributed by atoms with Crippen LogP contribution in [0.2, 0.25) is 0 Å². The highest BCUT2D eigenvalue weighted by atomic mass is 16.3. The van der Waals surface area contributed by atoms with E-state index in [2.05, 4.69) is 17.6 Å². The topological polar surface area (TPSA) is 81.7 Å². The van der Waals surface area contributed by atoms with Gasteiger partial charge >= 0.3 is 6.03 Å². The molecule has 23 heavy (non-hydrogen) atoms. The van der Waals surface area contributed by atoms with Crippen LogP contribution in [0, 0.1) is 0 Å². The zero-order valence-corrected chi connectivity index (χ0v) is 13.1. The quantitative estimate of drug-likeness (QED) is 0.727. The molecule has 2 aliphatic heterocycles. The lowest BCUT2D eigenvalue weighted by molar-refractivity contribution is -0.125. The molecule has 0 radical (unpaired) electrons. The molecule has 6 nitrogen and oxygen atoms in total. The predicted octanol–water partition coefficient (Wildman–Crippen LogP) is 2.03. The molecule has 1 aromatic carbocycles. The van der Waals surface area contributed by atoms with E-state index in [1.165, 1.54) is 0 Å². The number of nitrogens with zero attached hydrogens (tertiary/aromatic N) is 1. The minimum atomic E-state index is -0.469. The summed E-state index contributed by atoms with van der Waals surface area (Å²) in [6.07, 6.45) is 3.15. The second kappa shape index (κ2) is 6.32. The van der Waals surface area contributed by atoms with Crippen LogP contribution in [0.15, 0.2) is 35.5 Å². The van der Waals surface area contributed by atoms with Gasteiger partial charge in [0.15, 0.2) is 0 Å². The highest BCUT2D eigenvalue weighted by Crippen LogP contribution is 2.33. The van der Waals surface area contributed by atoms with Crippen molar-refractivity contribution in [3.63, 3.8) is 0 Å². The summed E-state index contributed by atoms with van der Waals surface area (Å²) in [5.41, 5.74) is 2.08. The molecule has 0 bridgehead atoms. The van der Waals surface area contributed by atoms with Crippen LogP contribution in [0.3, 0.4) is 0 Å². The summed E-state index contributed by atoms with van der Waals surface area (Å²) in [6, 6.07) is 5.80. The van der Waals surface area contributed by atoms with Crippen molar-refractivity contribution in [1.82, 2.24) is 15.5 Å². The summed E-state index contributed by atoms with van der Waals surface area (Å²) in [5.74, 6) is 0.129. The van der Waals surface area contributed by atoms with Crippen LogP contribution >= 0.6 is 0 Å². The molecule has 0 spiro atoms. The second-order valence-corrected chi connectivity index (χ2v) is 5.95. The zero-order chi connectivity index (χ0) is 16.4. The number of carbonyl (C=O) groups is 2. The predicted molar refractivity (Wildman–Crippen MR) is 85.6 cm³/mol. The molecule has 3 N–H and O–H groups in total. The lowest BCUT2D eigenvalue weighted by Gasteiger charge is -2.25. The SMILES string of the molecule is CCCCCN1CC2=C(C1=O)C(c1ccc(O)cc1)NC(=O)N2. The van der Waals surface area contributed by atoms with E-state index in [-0.39, 0.29) is 17.7 Å². The number of aromatic hydroxyl groups is 1. The number of unbranched alkanes of at least 4 members (excludes halogenated alkanes) is 2. The van der Waals surface area contributed by atoms with Crippen LogP contribution in [0.5, 0.6) is 5.75 Å². The second-order valence-electron chi connectivity index (χ2n) is 5.95. The van der Waals surface area contributed by atoms with Crippen molar-refractivity contribution in [1.29, 1.82) is 0 Å². The first-order chi connectivity index (χ1) is 11.1. The standard InChI is InChI=1S/C17H21N3O3/c1-2-3-4-9-20-10-13-14(16(20)22)15(19-17(23)18-13)11-5-7-12(21)8-6-11/h5-8,15,21H,2-4,9-10H2,1H3,(H2,18,19,23). The molecular weight excluding hydrogens is 294 g/mol. The highest BCUT2D eigenvalue weighted by molar-refractivity contribution is 6.01. The van der Waals surface area contributed by atoms with E-state index < -0.39 is 6.04 Å². The van der Waals surface area contributed by atoms with E-state index in [0.29, 0.717) is 24.4 Å². The van der Waals surface area contributed by atoms with Crippen LogP contribution in [0.4, 0.5) is 4.79 Å². The molecule has 1 atom stereocenters. The van der Waals surface area contributed by atoms with Crippen molar-refractivity contribution in [3.8, 4) is 5.75 Å². The van der Waals surface area contributed by atoms with Crippen molar-refractivity contribution in [2.75, 3.05) is 13.1 Å². The molecular formula is C17H21N3O3. The lowest BCUT2D eigenvalue weighted by Crippen LogP contribution is -2.44. The minimum absolute atomic E-state index is 0.0262. The lowest BCUT2D eigenvalue weighted by atomic mass is 9.96. The summed E-state index contributed by atoms with van der Waals surface area (Å²) in [7, 11) is 0. The van der Waals surface area contributed by atoms with E-state index in [0.717, 1.165) is 24.8 Å². The average molecular weight is 315 g/mol. The minimum Gasteiger partial charge on any atom is -0.508 e. The number of hydrogen-bond acceptors (Lipinski definition) is 3. The number of phenolic OH excluding ortho intramolecular Hbond substituents is 1. The van der Waals surface area contributed by atoms with Crippen LogP contribution in [-0.4, -0.2) is 35.0 Å². The van der Waals surface area contributed by atoms with Crippen LogP contribution in [0.1, 0.15) is 37.8 Å². The van der Waals surface area contributed by atoms with Gasteiger partial charge in [0, 0.05) is 6.54 Å². The van der Waals surface area contributed by atoms with E-state index in [4.69, 9.17) is 0 Å². The number of rotatable bonds is 5. The molecule has 122 valence electrons. The Morgan fingerprint density at radius 1 is 1.22 bits per heavy atom. The Morgan fingerprint density at radius 2 is 1.96 bits per heavy atom. The van der Waals surface area contributed by atoms with Gasteiger partial charge in [-0.25, -0.2) is 4.79 Å². The first-order valence-corrected chi connectivity index (χ1v) is 7.99. The van der Waals surface area contributed by atoms with E-state index >= 15 is 0 Å². The van der Waals surface area contributed by atoms with Crippen molar-refractivity contribution >= 4 is 11.9 Å². The Kier molecular flexibility index (Phi) is 4.23. The van der Waals surface area contributed by atoms with Gasteiger partial charge < -0.3 is 20.6 Å². The summed E-state index contributed by atoms with van der Waals surface area (Å²) >= 11 is 0. The van der Waals surface area contributed by atoms with Gasteiger partial charge in [0.05, 0.1) is 23.9 Å². The molecule has 0 saturated carbocycles. The molecule has 3 rings (SSSR count). The van der Waals surface area contributed by atoms with Gasteiger partial charge in [0.2, 0.25) is 0 Å². The van der Waals surface area contributed by atoms with Crippen molar-refractivity contribution < 1.29 is 14.7 Å². The number of carbonyl (C=O) groups excluding carboxylic acids is 2. The number of nitrogens with one attached hydrogen (secondary N) is 2. The molecule has 1 aromatic rings. The molecule has 0 aromatic heterocycles. The number of phenols is 1. The van der Waals surface area contributed by atoms with Gasteiger partial charge in [-0.05, 0) is 24.1 Å². The Morgan fingerprint density at radius 3 is 2.65 bits per heavy atom. The van der Waals surface area contributed by atoms with Crippen molar-refractivity contribution in [3.05, 3.63) is 41.1 Å². The maximum absolute atomic E-state index is 12.7. The smallest absolute Gasteiger partial charge is 0.319 e. The van der Waals surface area contributed by atoms with Gasteiger partial charge in [-0.2, -0.15) is 0 Å². The Labute approximate surface area is 135 Å². The Hall–Kier alpha value is -2.50.